The van der Waals surface area contributed by atoms with Crippen molar-refractivity contribution < 1.29 is 9.15 Å². The van der Waals surface area contributed by atoms with Gasteiger partial charge in [-0.05, 0) is 62.7 Å². The first-order valence-electron chi connectivity index (χ1n) is 10.3. The third kappa shape index (κ3) is 3.70. The van der Waals surface area contributed by atoms with Crippen LogP contribution in [0.1, 0.15) is 42.6 Å². The predicted molar refractivity (Wildman–Crippen MR) is 118 cm³/mol. The summed E-state index contributed by atoms with van der Waals surface area (Å²) in [5.74, 6) is 2.45. The molecular weight excluding hydrogens is 396 g/mol. The van der Waals surface area contributed by atoms with Crippen LogP contribution in [0.25, 0.3) is 21.7 Å². The second-order valence-electron chi connectivity index (χ2n) is 7.70. The van der Waals surface area contributed by atoms with E-state index in [1.165, 1.54) is 16.1 Å². The highest BCUT2D eigenvalue weighted by atomic mass is 32.1. The molecule has 6 nitrogen and oxygen atoms in total. The Morgan fingerprint density at radius 2 is 1.97 bits per heavy atom. The van der Waals surface area contributed by atoms with E-state index < -0.39 is 0 Å². The highest BCUT2D eigenvalue weighted by Gasteiger charge is 2.29. The van der Waals surface area contributed by atoms with Gasteiger partial charge < -0.3 is 9.15 Å². The van der Waals surface area contributed by atoms with Crippen molar-refractivity contribution in [2.75, 3.05) is 20.2 Å². The summed E-state index contributed by atoms with van der Waals surface area (Å²) in [6.45, 7) is 4.14. The van der Waals surface area contributed by atoms with Crippen LogP contribution in [-0.2, 0) is 0 Å². The number of hydrogen-bond donors (Lipinski definition) is 0. The third-order valence-corrected chi connectivity index (χ3v) is 6.99. The Morgan fingerprint density at radius 1 is 1.13 bits per heavy atom. The SMILES string of the molecule is COc1ccc(-c2nnc([C@@H](C)N3CCC[C@H](c4nc5ccccc5s4)C3)o2)cc1. The maximum Gasteiger partial charge on any atom is 0.247 e. The fourth-order valence-corrected chi connectivity index (χ4v) is 5.13. The summed E-state index contributed by atoms with van der Waals surface area (Å²) in [5.41, 5.74) is 2.00. The molecule has 0 bridgehead atoms. The Labute approximate surface area is 179 Å². The highest BCUT2D eigenvalue weighted by molar-refractivity contribution is 7.18. The average molecular weight is 421 g/mol. The zero-order valence-electron chi connectivity index (χ0n) is 17.1. The lowest BCUT2D eigenvalue weighted by Crippen LogP contribution is -2.36. The van der Waals surface area contributed by atoms with Gasteiger partial charge in [0.25, 0.3) is 0 Å². The van der Waals surface area contributed by atoms with Crippen molar-refractivity contribution in [1.82, 2.24) is 20.1 Å². The molecule has 3 heterocycles. The summed E-state index contributed by atoms with van der Waals surface area (Å²) >= 11 is 1.82. The number of likely N-dealkylation sites (tertiary alicyclic amines) is 1. The van der Waals surface area contributed by atoms with E-state index >= 15 is 0 Å². The molecule has 2 aromatic carbocycles. The molecule has 0 N–H and O–H groups in total. The molecule has 1 aliphatic heterocycles. The molecule has 0 aliphatic carbocycles. The molecule has 7 heteroatoms. The minimum absolute atomic E-state index is 0.0710. The normalized spacial score (nSPS) is 18.5. The number of thiazole rings is 1. The number of para-hydroxylation sites is 1. The number of hydrogen-bond acceptors (Lipinski definition) is 7. The standard InChI is InChI=1S/C23H24N4O2S/c1-15(21-25-26-22(29-21)16-9-11-18(28-2)12-10-16)27-13-5-6-17(14-27)23-24-19-7-3-4-8-20(19)30-23/h3-4,7-12,15,17H,5-6,13-14H2,1-2H3/t15-,17+/m1/s1. The van der Waals surface area contributed by atoms with E-state index in [-0.39, 0.29) is 6.04 Å². The van der Waals surface area contributed by atoms with Crippen molar-refractivity contribution in [2.24, 2.45) is 0 Å². The van der Waals surface area contributed by atoms with Crippen LogP contribution in [0, 0.1) is 0 Å². The lowest BCUT2D eigenvalue weighted by Gasteiger charge is -2.34. The molecule has 0 unspecified atom stereocenters. The molecule has 4 aromatic rings. The number of methoxy groups -OCH3 is 1. The predicted octanol–water partition coefficient (Wildman–Crippen LogP) is 5.30. The van der Waals surface area contributed by atoms with Gasteiger partial charge in [-0.2, -0.15) is 0 Å². The van der Waals surface area contributed by atoms with Crippen molar-refractivity contribution in [3.63, 3.8) is 0 Å². The van der Waals surface area contributed by atoms with Gasteiger partial charge in [0.05, 0.1) is 28.4 Å². The molecule has 0 radical (unpaired) electrons. The van der Waals surface area contributed by atoms with Gasteiger partial charge in [-0.25, -0.2) is 4.98 Å². The van der Waals surface area contributed by atoms with Gasteiger partial charge in [0.2, 0.25) is 11.8 Å². The Kier molecular flexibility index (Phi) is 5.23. The molecule has 0 amide bonds. The fourth-order valence-electron chi connectivity index (χ4n) is 4.03. The number of nitrogens with zero attached hydrogens (tertiary/aromatic N) is 4. The second-order valence-corrected chi connectivity index (χ2v) is 8.77. The third-order valence-electron chi connectivity index (χ3n) is 5.80. The Hall–Kier alpha value is -2.77. The van der Waals surface area contributed by atoms with Crippen molar-refractivity contribution >= 4 is 21.6 Å². The molecule has 1 aliphatic rings. The number of fused-ring (bicyclic) bond motifs is 1. The number of aromatic nitrogens is 3. The molecule has 30 heavy (non-hydrogen) atoms. The van der Waals surface area contributed by atoms with Crippen LogP contribution in [0.5, 0.6) is 5.75 Å². The summed E-state index contributed by atoms with van der Waals surface area (Å²) in [5, 5.41) is 9.84. The largest absolute Gasteiger partial charge is 0.497 e. The summed E-state index contributed by atoms with van der Waals surface area (Å²) < 4.78 is 12.5. The van der Waals surface area contributed by atoms with Gasteiger partial charge in [-0.3, -0.25) is 4.90 Å². The Morgan fingerprint density at radius 3 is 2.77 bits per heavy atom. The van der Waals surface area contributed by atoms with Crippen LogP contribution in [0.3, 0.4) is 0 Å². The summed E-state index contributed by atoms with van der Waals surface area (Å²) in [4.78, 5) is 7.33. The van der Waals surface area contributed by atoms with Crippen molar-refractivity contribution in [3.8, 4) is 17.2 Å². The molecule has 1 fully saturated rings. The van der Waals surface area contributed by atoms with Gasteiger partial charge in [0.15, 0.2) is 0 Å². The van der Waals surface area contributed by atoms with Crippen LogP contribution in [0.4, 0.5) is 0 Å². The lowest BCUT2D eigenvalue weighted by molar-refractivity contribution is 0.139. The molecular formula is C23H24N4O2S. The van der Waals surface area contributed by atoms with E-state index in [0.717, 1.165) is 36.3 Å². The topological polar surface area (TPSA) is 64.3 Å². The van der Waals surface area contributed by atoms with E-state index in [2.05, 4.69) is 46.3 Å². The maximum absolute atomic E-state index is 6.03. The van der Waals surface area contributed by atoms with Gasteiger partial charge >= 0.3 is 0 Å². The molecule has 0 saturated carbocycles. The summed E-state index contributed by atoms with van der Waals surface area (Å²) in [7, 11) is 1.65. The van der Waals surface area contributed by atoms with Crippen LogP contribution in [0.2, 0.25) is 0 Å². The maximum atomic E-state index is 6.03. The highest BCUT2D eigenvalue weighted by Crippen LogP contribution is 2.35. The van der Waals surface area contributed by atoms with Crippen LogP contribution in [-0.4, -0.2) is 40.3 Å². The monoisotopic (exact) mass is 420 g/mol. The quantitative estimate of drug-likeness (QED) is 0.437. The second kappa shape index (κ2) is 8.16. The lowest BCUT2D eigenvalue weighted by atomic mass is 9.97. The first-order chi connectivity index (χ1) is 14.7. The van der Waals surface area contributed by atoms with Crippen molar-refractivity contribution in [2.45, 2.75) is 31.7 Å². The Balaban J connectivity index is 1.32. The zero-order chi connectivity index (χ0) is 20.5. The summed E-state index contributed by atoms with van der Waals surface area (Å²) in [6.07, 6.45) is 2.31. The molecule has 5 rings (SSSR count). The molecule has 1 saturated heterocycles. The van der Waals surface area contributed by atoms with Crippen molar-refractivity contribution in [1.29, 1.82) is 0 Å². The van der Waals surface area contributed by atoms with Crippen LogP contribution < -0.4 is 4.74 Å². The van der Waals surface area contributed by atoms with Gasteiger partial charge in [-0.15, -0.1) is 21.5 Å². The number of benzene rings is 2. The first kappa shape index (κ1) is 19.2. The minimum atomic E-state index is 0.0710. The minimum Gasteiger partial charge on any atom is -0.497 e. The van der Waals surface area contributed by atoms with Crippen LogP contribution in [0.15, 0.2) is 52.9 Å². The fraction of sp³-hybridized carbons (Fsp3) is 0.348. The van der Waals surface area contributed by atoms with E-state index in [1.54, 1.807) is 7.11 Å². The number of ether oxygens (including phenoxy) is 1. The molecule has 2 atom stereocenters. The smallest absolute Gasteiger partial charge is 0.247 e. The van der Waals surface area contributed by atoms with Gasteiger partial charge in [0, 0.05) is 18.0 Å². The number of piperidine rings is 1. The van der Waals surface area contributed by atoms with E-state index in [0.29, 0.717) is 17.7 Å². The van der Waals surface area contributed by atoms with E-state index in [9.17, 15) is 0 Å². The zero-order valence-corrected chi connectivity index (χ0v) is 17.9. The van der Waals surface area contributed by atoms with E-state index in [4.69, 9.17) is 14.1 Å². The van der Waals surface area contributed by atoms with Gasteiger partial charge in [0.1, 0.15) is 5.75 Å². The first-order valence-corrected chi connectivity index (χ1v) is 11.1. The summed E-state index contributed by atoms with van der Waals surface area (Å²) in [6, 6.07) is 16.1. The molecule has 0 spiro atoms. The molecule has 2 aromatic heterocycles. The van der Waals surface area contributed by atoms with Crippen molar-refractivity contribution in [3.05, 3.63) is 59.4 Å². The van der Waals surface area contributed by atoms with Gasteiger partial charge in [-0.1, -0.05) is 12.1 Å². The molecule has 154 valence electrons. The number of rotatable bonds is 5. The van der Waals surface area contributed by atoms with E-state index in [1.807, 2.05) is 35.6 Å². The van der Waals surface area contributed by atoms with Crippen LogP contribution >= 0.6 is 11.3 Å². The average Bonchev–Trinajstić information content (AvgIpc) is 3.46. The Bertz CT molecular complexity index is 1100.